The van der Waals surface area contributed by atoms with E-state index in [9.17, 15) is 9.59 Å². The van der Waals surface area contributed by atoms with Gasteiger partial charge in [0.25, 0.3) is 0 Å². The number of hydrogen-bond acceptors (Lipinski definition) is 8. The van der Waals surface area contributed by atoms with Crippen LogP contribution in [0.15, 0.2) is 24.3 Å². The highest BCUT2D eigenvalue weighted by Crippen LogP contribution is 2.37. The third-order valence-corrected chi connectivity index (χ3v) is 10.3. The van der Waals surface area contributed by atoms with Crippen LogP contribution >= 0.6 is 22.6 Å². The molecule has 48 heavy (non-hydrogen) atoms. The molecule has 2 N–H and O–H groups in total. The molecule has 2 aromatic heterocycles. The third kappa shape index (κ3) is 8.38. The minimum Gasteiger partial charge on any atom is -0.465 e. The standard InChI is InChI=1S/C16H23BO4.C15H18N2O2.C5H7IN2/c1-10-8-11(2)13(9-12(10)14(18)19-7)17-20-15(3,4)16(5,6)21-17;1-8-6-9(2)13(15(18)19-5)7-12(8)14-10(3)11(4)16-17-14;1-3-4(2)7-8-5(3)6/h8-9H,1-7H3;6-7H,1-5H3,(H,16,17);1-2H3,(H,7,8). The van der Waals surface area contributed by atoms with Gasteiger partial charge in [0, 0.05) is 22.5 Å². The van der Waals surface area contributed by atoms with E-state index in [-0.39, 0.29) is 11.9 Å². The predicted molar refractivity (Wildman–Crippen MR) is 198 cm³/mol. The largest absolute Gasteiger partial charge is 0.495 e. The lowest BCUT2D eigenvalue weighted by atomic mass is 9.75. The van der Waals surface area contributed by atoms with Crippen molar-refractivity contribution in [3.05, 3.63) is 83.9 Å². The van der Waals surface area contributed by atoms with Crippen molar-refractivity contribution in [2.75, 3.05) is 14.2 Å². The van der Waals surface area contributed by atoms with E-state index >= 15 is 0 Å². The fourth-order valence-electron chi connectivity index (χ4n) is 5.06. The molecule has 3 heterocycles. The van der Waals surface area contributed by atoms with Crippen LogP contribution in [0.2, 0.25) is 0 Å². The quantitative estimate of drug-likeness (QED) is 0.128. The summed E-state index contributed by atoms with van der Waals surface area (Å²) in [4.78, 5) is 23.6. The Hall–Kier alpha value is -3.49. The number of nitrogens with zero attached hydrogens (tertiary/aromatic N) is 2. The molecule has 1 saturated heterocycles. The Morgan fingerprint density at radius 1 is 0.688 bits per heavy atom. The molecule has 0 spiro atoms. The second kappa shape index (κ2) is 15.4. The number of ether oxygens (including phenoxy) is 2. The van der Waals surface area contributed by atoms with Crippen molar-refractivity contribution in [2.45, 2.75) is 94.3 Å². The zero-order valence-electron chi connectivity index (χ0n) is 30.6. The molecule has 0 aliphatic carbocycles. The monoisotopic (exact) mass is 770 g/mol. The minimum absolute atomic E-state index is 0.316. The molecular formula is C36H48BIN4O6. The predicted octanol–water partition coefficient (Wildman–Crippen LogP) is 7.12. The molecule has 0 unspecified atom stereocenters. The zero-order valence-corrected chi connectivity index (χ0v) is 32.8. The summed E-state index contributed by atoms with van der Waals surface area (Å²) in [6.07, 6.45) is 0. The van der Waals surface area contributed by atoms with Crippen molar-refractivity contribution in [3.63, 3.8) is 0 Å². The Balaban J connectivity index is 0.000000213. The van der Waals surface area contributed by atoms with Crippen LogP contribution < -0.4 is 5.46 Å². The molecular weight excluding hydrogens is 722 g/mol. The molecule has 0 bridgehead atoms. The van der Waals surface area contributed by atoms with Crippen LogP contribution in [-0.4, -0.2) is 64.9 Å². The number of carbonyl (C=O) groups is 2. The van der Waals surface area contributed by atoms with Crippen LogP contribution in [-0.2, 0) is 18.8 Å². The van der Waals surface area contributed by atoms with E-state index in [0.29, 0.717) is 11.1 Å². The van der Waals surface area contributed by atoms with Gasteiger partial charge in [0.05, 0.1) is 42.2 Å². The number of H-pyrrole nitrogens is 2. The van der Waals surface area contributed by atoms with Gasteiger partial charge in [-0.2, -0.15) is 10.2 Å². The van der Waals surface area contributed by atoms with Crippen molar-refractivity contribution >= 4 is 47.1 Å². The van der Waals surface area contributed by atoms with E-state index in [2.05, 4.69) is 49.9 Å². The van der Waals surface area contributed by atoms with E-state index in [1.54, 1.807) is 0 Å². The lowest BCUT2D eigenvalue weighted by molar-refractivity contribution is 0.00578. The van der Waals surface area contributed by atoms with Crippen LogP contribution in [0.3, 0.4) is 0 Å². The van der Waals surface area contributed by atoms with Crippen LogP contribution in [0.1, 0.15) is 93.2 Å². The van der Waals surface area contributed by atoms with E-state index < -0.39 is 18.3 Å². The van der Waals surface area contributed by atoms with Gasteiger partial charge in [-0.3, -0.25) is 10.2 Å². The summed E-state index contributed by atoms with van der Waals surface area (Å²) < 4.78 is 22.9. The van der Waals surface area contributed by atoms with Gasteiger partial charge in [-0.25, -0.2) is 9.59 Å². The lowest BCUT2D eigenvalue weighted by Crippen LogP contribution is -2.41. The number of nitrogens with one attached hydrogen (secondary N) is 2. The number of aromatic amines is 2. The minimum atomic E-state index is -0.473. The third-order valence-electron chi connectivity index (χ3n) is 9.20. The number of aromatic nitrogens is 4. The molecule has 1 aliphatic heterocycles. The Morgan fingerprint density at radius 3 is 1.54 bits per heavy atom. The van der Waals surface area contributed by atoms with E-state index in [1.807, 2.05) is 100 Å². The first kappa shape index (κ1) is 39.0. The van der Waals surface area contributed by atoms with Crippen molar-refractivity contribution in [1.82, 2.24) is 20.4 Å². The summed E-state index contributed by atoms with van der Waals surface area (Å²) in [5.74, 6) is -0.658. The maximum absolute atomic E-state index is 11.9. The van der Waals surface area contributed by atoms with Gasteiger partial charge in [-0.15, -0.1) is 0 Å². The van der Waals surface area contributed by atoms with Gasteiger partial charge < -0.3 is 18.8 Å². The summed E-state index contributed by atoms with van der Waals surface area (Å²) in [6, 6.07) is 7.63. The summed E-state index contributed by atoms with van der Waals surface area (Å²) in [5, 5.41) is 14.2. The maximum Gasteiger partial charge on any atom is 0.495 e. The number of methoxy groups -OCH3 is 2. The van der Waals surface area contributed by atoms with Gasteiger partial charge in [0.2, 0.25) is 0 Å². The SMILES string of the molecule is COC(=O)c1cc(-c2n[nH]c(C)c2C)c(C)cc1C.COC(=O)c1cc(B2OC(C)(C)C(C)(C)O2)c(C)cc1C.Cc1[nH]nc(I)c1C. The van der Waals surface area contributed by atoms with Crippen LogP contribution in [0, 0.1) is 59.1 Å². The second-order valence-electron chi connectivity index (χ2n) is 13.2. The van der Waals surface area contributed by atoms with Crippen molar-refractivity contribution in [3.8, 4) is 11.3 Å². The highest BCUT2D eigenvalue weighted by molar-refractivity contribution is 14.1. The Bertz CT molecular complexity index is 1770. The molecule has 1 aliphatic rings. The molecule has 0 atom stereocenters. The first-order valence-electron chi connectivity index (χ1n) is 15.7. The highest BCUT2D eigenvalue weighted by Gasteiger charge is 2.52. The number of benzene rings is 2. The first-order chi connectivity index (χ1) is 22.3. The van der Waals surface area contributed by atoms with Gasteiger partial charge in [0.15, 0.2) is 0 Å². The van der Waals surface area contributed by atoms with Crippen LogP contribution in [0.5, 0.6) is 0 Å². The number of esters is 2. The molecule has 258 valence electrons. The molecule has 0 radical (unpaired) electrons. The molecule has 12 heteroatoms. The van der Waals surface area contributed by atoms with E-state index in [0.717, 1.165) is 59.6 Å². The van der Waals surface area contributed by atoms with Crippen LogP contribution in [0.25, 0.3) is 11.3 Å². The molecule has 4 aromatic rings. The molecule has 0 saturated carbocycles. The number of halogens is 1. The molecule has 5 rings (SSSR count). The summed E-state index contributed by atoms with van der Waals surface area (Å²) >= 11 is 2.20. The topological polar surface area (TPSA) is 128 Å². The smallest absolute Gasteiger partial charge is 0.465 e. The summed E-state index contributed by atoms with van der Waals surface area (Å²) in [5.41, 5.74) is 11.6. The van der Waals surface area contributed by atoms with Crippen molar-refractivity contribution in [1.29, 1.82) is 0 Å². The number of rotatable bonds is 4. The molecule has 10 nitrogen and oxygen atoms in total. The van der Waals surface area contributed by atoms with Gasteiger partial charge in [0.1, 0.15) is 3.70 Å². The van der Waals surface area contributed by atoms with Crippen LogP contribution in [0.4, 0.5) is 0 Å². The Kier molecular flexibility index (Phi) is 12.5. The van der Waals surface area contributed by atoms with E-state index in [4.69, 9.17) is 18.8 Å². The fourth-order valence-corrected chi connectivity index (χ4v) is 5.59. The average molecular weight is 771 g/mol. The average Bonchev–Trinajstić information content (AvgIpc) is 3.58. The zero-order chi connectivity index (χ0) is 36.3. The first-order valence-corrected chi connectivity index (χ1v) is 16.8. The van der Waals surface area contributed by atoms with Gasteiger partial charge >= 0.3 is 19.1 Å². The normalized spacial score (nSPS) is 14.4. The fraction of sp³-hybridized carbons (Fsp3) is 0.444. The molecule has 0 amide bonds. The summed E-state index contributed by atoms with van der Waals surface area (Å²) in [6.45, 7) is 23.9. The molecule has 2 aromatic carbocycles. The highest BCUT2D eigenvalue weighted by atomic mass is 127. The molecule has 1 fully saturated rings. The van der Waals surface area contributed by atoms with Gasteiger partial charge in [-0.05, 0) is 146 Å². The van der Waals surface area contributed by atoms with Crippen molar-refractivity contribution < 1.29 is 28.4 Å². The number of carbonyl (C=O) groups excluding carboxylic acids is 2. The summed E-state index contributed by atoms with van der Waals surface area (Å²) in [7, 11) is 2.31. The second-order valence-corrected chi connectivity index (χ2v) is 14.2. The lowest BCUT2D eigenvalue weighted by Gasteiger charge is -2.32. The maximum atomic E-state index is 11.9. The Morgan fingerprint density at radius 2 is 1.15 bits per heavy atom. The van der Waals surface area contributed by atoms with Crippen molar-refractivity contribution in [2.24, 2.45) is 0 Å². The van der Waals surface area contributed by atoms with Gasteiger partial charge in [-0.1, -0.05) is 17.7 Å². The number of aryl methyl sites for hydroxylation is 6. The number of hydrogen-bond donors (Lipinski definition) is 2. The Labute approximate surface area is 298 Å². The van der Waals surface area contributed by atoms with E-state index in [1.165, 1.54) is 19.8 Å².